The van der Waals surface area contributed by atoms with Gasteiger partial charge in [-0.25, -0.2) is 13.2 Å². The molecule has 2 aromatic carbocycles. The molecule has 5 nitrogen and oxygen atoms in total. The van der Waals surface area contributed by atoms with Crippen LogP contribution in [0.2, 0.25) is 0 Å². The Hall–Kier alpha value is -2.12. The summed E-state index contributed by atoms with van der Waals surface area (Å²) in [6, 6.07) is 10.5. The van der Waals surface area contributed by atoms with E-state index in [0.29, 0.717) is 17.4 Å². The van der Waals surface area contributed by atoms with Gasteiger partial charge in [-0.3, -0.25) is 0 Å². The molecular weight excluding hydrogens is 444 g/mol. The van der Waals surface area contributed by atoms with Gasteiger partial charge in [0.05, 0.1) is 4.90 Å². The van der Waals surface area contributed by atoms with Crippen LogP contribution in [0.5, 0.6) is 5.75 Å². The molecule has 0 radical (unpaired) electrons. The summed E-state index contributed by atoms with van der Waals surface area (Å²) < 4.78 is 31.7. The minimum absolute atomic E-state index is 0.0147. The summed E-state index contributed by atoms with van der Waals surface area (Å²) in [7, 11) is -4.01. The Labute approximate surface area is 172 Å². The monoisotopic (exact) mass is 464 g/mol. The number of benzene rings is 2. The fraction of sp³-hybridized carbons (Fsp3) is 0.286. The van der Waals surface area contributed by atoms with Crippen molar-refractivity contribution in [2.24, 2.45) is 0 Å². The van der Waals surface area contributed by atoms with Crippen molar-refractivity contribution in [2.45, 2.75) is 48.8 Å². The maximum atomic E-state index is 12.9. The Morgan fingerprint density at radius 1 is 1.04 bits per heavy atom. The number of aromatic hydroxyl groups is 1. The first kappa shape index (κ1) is 20.6. The van der Waals surface area contributed by atoms with E-state index < -0.39 is 20.4 Å². The van der Waals surface area contributed by atoms with Crippen molar-refractivity contribution in [2.75, 3.05) is 0 Å². The molecule has 0 aliphatic rings. The van der Waals surface area contributed by atoms with Crippen LogP contribution in [-0.2, 0) is 16.3 Å². The van der Waals surface area contributed by atoms with E-state index in [2.05, 4.69) is 22.9 Å². The number of fused-ring (bicyclic) bond motifs is 1. The summed E-state index contributed by atoms with van der Waals surface area (Å²) in [5, 5.41) is 10.7. The van der Waals surface area contributed by atoms with Crippen LogP contribution in [0.15, 0.2) is 65.9 Å². The molecule has 148 valence electrons. The Morgan fingerprint density at radius 2 is 1.75 bits per heavy atom. The van der Waals surface area contributed by atoms with E-state index in [0.717, 1.165) is 30.2 Å². The summed E-state index contributed by atoms with van der Waals surface area (Å²) in [5.41, 5.74) is -0.0791. The van der Waals surface area contributed by atoms with Crippen LogP contribution in [0.25, 0.3) is 11.0 Å². The van der Waals surface area contributed by atoms with E-state index in [1.54, 1.807) is 18.2 Å². The molecule has 7 heteroatoms. The normalized spacial score (nSPS) is 11.8. The van der Waals surface area contributed by atoms with Gasteiger partial charge in [0.1, 0.15) is 11.3 Å². The van der Waals surface area contributed by atoms with E-state index in [1.807, 2.05) is 0 Å². The average molecular weight is 465 g/mol. The number of phenols is 1. The predicted molar refractivity (Wildman–Crippen MR) is 112 cm³/mol. The van der Waals surface area contributed by atoms with Gasteiger partial charge in [-0.15, -0.1) is 0 Å². The zero-order valence-electron chi connectivity index (χ0n) is 15.4. The molecule has 0 aliphatic carbocycles. The van der Waals surface area contributed by atoms with Gasteiger partial charge in [0.25, 0.3) is 0 Å². The third kappa shape index (κ3) is 4.31. The second kappa shape index (κ2) is 8.49. The molecule has 1 N–H and O–H groups in total. The Morgan fingerprint density at radius 3 is 2.43 bits per heavy atom. The molecule has 0 amide bonds. The quantitative estimate of drug-likeness (QED) is 0.382. The van der Waals surface area contributed by atoms with E-state index in [1.165, 1.54) is 24.3 Å². The van der Waals surface area contributed by atoms with Crippen molar-refractivity contribution >= 4 is 36.7 Å². The first-order chi connectivity index (χ1) is 13.3. The van der Waals surface area contributed by atoms with Crippen molar-refractivity contribution < 1.29 is 17.9 Å². The van der Waals surface area contributed by atoms with Crippen molar-refractivity contribution in [3.05, 3.63) is 62.9 Å². The van der Waals surface area contributed by atoms with Gasteiger partial charge in [-0.1, -0.05) is 42.1 Å². The first-order valence-electron chi connectivity index (χ1n) is 9.13. The molecule has 0 fully saturated rings. The third-order valence-corrected chi connectivity index (χ3v) is 6.90. The number of aryl methyl sites for hydroxylation is 1. The lowest BCUT2D eigenvalue weighted by molar-refractivity contribution is 0.463. The summed E-state index contributed by atoms with van der Waals surface area (Å²) >= 11 is 3.26. The number of phenolic OH excluding ortho intramolecular Hbond substituents is 1. The Bertz CT molecular complexity index is 1150. The molecule has 1 aromatic heterocycles. The molecule has 0 saturated carbocycles. The molecule has 0 aliphatic heterocycles. The maximum absolute atomic E-state index is 12.9. The molecule has 0 atom stereocenters. The van der Waals surface area contributed by atoms with Crippen LogP contribution in [0.1, 0.15) is 38.2 Å². The van der Waals surface area contributed by atoms with Crippen molar-refractivity contribution in [1.82, 2.24) is 0 Å². The van der Waals surface area contributed by atoms with Crippen LogP contribution in [-0.4, -0.2) is 13.5 Å². The van der Waals surface area contributed by atoms with Crippen molar-refractivity contribution in [3.8, 4) is 5.75 Å². The molecular formula is C21H21BrO5S. The van der Waals surface area contributed by atoms with E-state index in [-0.39, 0.29) is 16.2 Å². The predicted octanol–water partition coefficient (Wildman–Crippen LogP) is 5.22. The van der Waals surface area contributed by atoms with Crippen LogP contribution in [0.4, 0.5) is 0 Å². The number of unbranched alkanes of at least 4 members (excludes halogenated alkanes) is 3. The fourth-order valence-electron chi connectivity index (χ4n) is 3.05. The van der Waals surface area contributed by atoms with Gasteiger partial charge in [0, 0.05) is 15.9 Å². The number of hydrogen-bond donors (Lipinski definition) is 1. The summed E-state index contributed by atoms with van der Waals surface area (Å²) in [6.07, 6.45) is 4.90. The molecule has 0 spiro atoms. The summed E-state index contributed by atoms with van der Waals surface area (Å²) in [5.74, 6) is 0.0515. The van der Waals surface area contributed by atoms with E-state index >= 15 is 0 Å². The lowest BCUT2D eigenvalue weighted by atomic mass is 10.0. The fourth-order valence-corrected chi connectivity index (χ4v) is 4.61. The number of rotatable bonds is 7. The molecule has 0 saturated heterocycles. The van der Waals surface area contributed by atoms with Gasteiger partial charge >= 0.3 is 5.63 Å². The highest BCUT2D eigenvalue weighted by atomic mass is 79.9. The second-order valence-corrected chi connectivity index (χ2v) is 9.52. The van der Waals surface area contributed by atoms with Crippen molar-refractivity contribution in [1.29, 1.82) is 0 Å². The van der Waals surface area contributed by atoms with E-state index in [4.69, 9.17) is 4.42 Å². The second-order valence-electron chi connectivity index (χ2n) is 6.68. The van der Waals surface area contributed by atoms with Crippen molar-refractivity contribution in [3.63, 3.8) is 0 Å². The average Bonchev–Trinajstić information content (AvgIpc) is 2.65. The lowest BCUT2D eigenvalue weighted by Gasteiger charge is -2.08. The zero-order valence-corrected chi connectivity index (χ0v) is 17.8. The number of hydrogen-bond acceptors (Lipinski definition) is 5. The summed E-state index contributed by atoms with van der Waals surface area (Å²) in [6.45, 7) is 2.13. The highest BCUT2D eigenvalue weighted by Crippen LogP contribution is 2.29. The van der Waals surface area contributed by atoms with Gasteiger partial charge in [0.15, 0.2) is 4.90 Å². The zero-order chi connectivity index (χ0) is 20.3. The van der Waals surface area contributed by atoms with Crippen LogP contribution >= 0.6 is 15.9 Å². The Kier molecular flexibility index (Phi) is 6.25. The standard InChI is InChI=1S/C21H21BrO5S/c1-2-3-4-5-6-14-11-15-12-20(21(24)27-19(15)13-18(14)23)28(25,26)17-9-7-16(22)8-10-17/h7-13,23H,2-6H2,1H3. The molecule has 0 unspecified atom stereocenters. The molecule has 3 aromatic rings. The van der Waals surface area contributed by atoms with Gasteiger partial charge < -0.3 is 9.52 Å². The molecule has 28 heavy (non-hydrogen) atoms. The minimum atomic E-state index is -4.01. The highest BCUT2D eigenvalue weighted by molar-refractivity contribution is 9.10. The smallest absolute Gasteiger partial charge is 0.355 e. The summed E-state index contributed by atoms with van der Waals surface area (Å²) in [4.78, 5) is 11.9. The largest absolute Gasteiger partial charge is 0.508 e. The molecule has 1 heterocycles. The molecule has 0 bridgehead atoms. The minimum Gasteiger partial charge on any atom is -0.508 e. The van der Waals surface area contributed by atoms with Crippen LogP contribution in [0.3, 0.4) is 0 Å². The Balaban J connectivity index is 2.04. The topological polar surface area (TPSA) is 84.6 Å². The highest BCUT2D eigenvalue weighted by Gasteiger charge is 2.23. The van der Waals surface area contributed by atoms with Crippen LogP contribution < -0.4 is 5.63 Å². The van der Waals surface area contributed by atoms with E-state index in [9.17, 15) is 18.3 Å². The van der Waals surface area contributed by atoms with Gasteiger partial charge in [-0.2, -0.15) is 0 Å². The number of sulfone groups is 1. The van der Waals surface area contributed by atoms with Gasteiger partial charge in [-0.05, 0) is 54.8 Å². The van der Waals surface area contributed by atoms with Gasteiger partial charge in [0.2, 0.25) is 9.84 Å². The lowest BCUT2D eigenvalue weighted by Crippen LogP contribution is -2.14. The first-order valence-corrected chi connectivity index (χ1v) is 11.4. The third-order valence-electron chi connectivity index (χ3n) is 4.61. The maximum Gasteiger partial charge on any atom is 0.355 e. The van der Waals surface area contributed by atoms with Crippen LogP contribution in [0, 0.1) is 0 Å². The SMILES string of the molecule is CCCCCCc1cc2cc(S(=O)(=O)c3ccc(Br)cc3)c(=O)oc2cc1O. The molecule has 3 rings (SSSR count). The number of halogens is 1.